The number of nitrogens with one attached hydrogen (secondary N) is 1. The molecule has 1 unspecified atom stereocenters. The monoisotopic (exact) mass is 258 g/mol. The molecule has 1 amide bonds. The summed E-state index contributed by atoms with van der Waals surface area (Å²) < 4.78 is 0. The minimum absolute atomic E-state index is 0.214. The van der Waals surface area contributed by atoms with Gasteiger partial charge in [-0.3, -0.25) is 4.79 Å². The predicted octanol–water partition coefficient (Wildman–Crippen LogP) is 1.93. The largest absolute Gasteiger partial charge is 0.343 e. The van der Waals surface area contributed by atoms with Gasteiger partial charge in [-0.2, -0.15) is 0 Å². The first kappa shape index (κ1) is 12.7. The lowest BCUT2D eigenvalue weighted by Crippen LogP contribution is -2.45. The number of likely N-dealkylation sites (tertiary alicyclic amines) is 1. The summed E-state index contributed by atoms with van der Waals surface area (Å²) in [5.74, 6) is 0.911. The van der Waals surface area contributed by atoms with E-state index in [9.17, 15) is 4.79 Å². The summed E-state index contributed by atoms with van der Waals surface area (Å²) in [6.07, 6.45) is 3.40. The SMILES string of the molecule is CC(=O)N1CCC(NCC2Cc3ccccc32)CC1. The fraction of sp³-hybridized carbons (Fsp3) is 0.562. The second-order valence-corrected chi connectivity index (χ2v) is 5.79. The van der Waals surface area contributed by atoms with Crippen molar-refractivity contribution in [1.82, 2.24) is 10.2 Å². The van der Waals surface area contributed by atoms with E-state index in [0.717, 1.165) is 32.5 Å². The molecule has 1 aromatic carbocycles. The average Bonchev–Trinajstić information content (AvgIpc) is 2.40. The molecule has 3 heteroatoms. The van der Waals surface area contributed by atoms with Gasteiger partial charge in [0.2, 0.25) is 5.91 Å². The Morgan fingerprint density at radius 3 is 2.74 bits per heavy atom. The Labute approximate surface area is 115 Å². The Bertz CT molecular complexity index is 464. The maximum atomic E-state index is 11.3. The highest BCUT2D eigenvalue weighted by Gasteiger charge is 2.27. The van der Waals surface area contributed by atoms with Gasteiger partial charge < -0.3 is 10.2 Å². The Morgan fingerprint density at radius 1 is 1.32 bits per heavy atom. The molecule has 1 heterocycles. The van der Waals surface area contributed by atoms with Crippen molar-refractivity contribution in [3.05, 3.63) is 35.4 Å². The van der Waals surface area contributed by atoms with Crippen LogP contribution in [0.4, 0.5) is 0 Å². The van der Waals surface area contributed by atoms with Crippen LogP contribution in [0.2, 0.25) is 0 Å². The summed E-state index contributed by atoms with van der Waals surface area (Å²) in [5, 5.41) is 3.69. The number of benzene rings is 1. The van der Waals surface area contributed by atoms with E-state index in [1.807, 2.05) is 4.90 Å². The minimum atomic E-state index is 0.214. The van der Waals surface area contributed by atoms with Crippen molar-refractivity contribution in [2.75, 3.05) is 19.6 Å². The van der Waals surface area contributed by atoms with Crippen molar-refractivity contribution in [2.45, 2.75) is 38.1 Å². The van der Waals surface area contributed by atoms with Crippen LogP contribution in [0.3, 0.4) is 0 Å². The molecule has 0 radical (unpaired) electrons. The van der Waals surface area contributed by atoms with Crippen LogP contribution >= 0.6 is 0 Å². The number of hydrogen-bond acceptors (Lipinski definition) is 2. The summed E-state index contributed by atoms with van der Waals surface area (Å²) in [5.41, 5.74) is 3.04. The number of hydrogen-bond donors (Lipinski definition) is 1. The molecule has 2 aliphatic rings. The van der Waals surface area contributed by atoms with Gasteiger partial charge in [0.25, 0.3) is 0 Å². The molecule has 0 aromatic heterocycles. The predicted molar refractivity (Wildman–Crippen MR) is 76.2 cm³/mol. The highest BCUT2D eigenvalue weighted by atomic mass is 16.2. The molecule has 102 valence electrons. The molecular formula is C16H22N2O. The Hall–Kier alpha value is -1.35. The van der Waals surface area contributed by atoms with Gasteiger partial charge in [0, 0.05) is 38.5 Å². The van der Waals surface area contributed by atoms with Gasteiger partial charge in [0.05, 0.1) is 0 Å². The molecule has 1 N–H and O–H groups in total. The summed E-state index contributed by atoms with van der Waals surface area (Å²) in [6, 6.07) is 9.33. The summed E-state index contributed by atoms with van der Waals surface area (Å²) in [6.45, 7) is 4.57. The van der Waals surface area contributed by atoms with Crippen molar-refractivity contribution in [3.63, 3.8) is 0 Å². The lowest BCUT2D eigenvalue weighted by atomic mass is 9.77. The van der Waals surface area contributed by atoms with Crippen LogP contribution < -0.4 is 5.32 Å². The van der Waals surface area contributed by atoms with Crippen molar-refractivity contribution in [2.24, 2.45) is 0 Å². The van der Waals surface area contributed by atoms with Crippen molar-refractivity contribution < 1.29 is 4.79 Å². The summed E-state index contributed by atoms with van der Waals surface area (Å²) in [4.78, 5) is 13.2. The molecule has 1 saturated heterocycles. The highest BCUT2D eigenvalue weighted by Crippen LogP contribution is 2.34. The molecule has 0 bridgehead atoms. The highest BCUT2D eigenvalue weighted by molar-refractivity contribution is 5.73. The number of carbonyl (C=O) groups is 1. The zero-order chi connectivity index (χ0) is 13.2. The molecule has 0 spiro atoms. The smallest absolute Gasteiger partial charge is 0.219 e. The molecule has 0 saturated carbocycles. The first-order chi connectivity index (χ1) is 9.24. The van der Waals surface area contributed by atoms with E-state index in [2.05, 4.69) is 29.6 Å². The van der Waals surface area contributed by atoms with Crippen molar-refractivity contribution in [1.29, 1.82) is 0 Å². The summed E-state index contributed by atoms with van der Waals surface area (Å²) in [7, 11) is 0. The van der Waals surface area contributed by atoms with Crippen LogP contribution in [0.5, 0.6) is 0 Å². The van der Waals surface area contributed by atoms with Gasteiger partial charge in [-0.1, -0.05) is 24.3 Å². The van der Waals surface area contributed by atoms with E-state index in [0.29, 0.717) is 12.0 Å². The van der Waals surface area contributed by atoms with Gasteiger partial charge in [-0.25, -0.2) is 0 Å². The third kappa shape index (κ3) is 2.66. The Kier molecular flexibility index (Phi) is 3.56. The fourth-order valence-corrected chi connectivity index (χ4v) is 3.25. The van der Waals surface area contributed by atoms with Gasteiger partial charge >= 0.3 is 0 Å². The third-order valence-corrected chi connectivity index (χ3v) is 4.55. The number of amides is 1. The Balaban J connectivity index is 1.44. The number of carbonyl (C=O) groups excluding carboxylic acids is 1. The normalized spacial score (nSPS) is 22.8. The first-order valence-electron chi connectivity index (χ1n) is 7.30. The van der Waals surface area contributed by atoms with Gasteiger partial charge in [0.15, 0.2) is 0 Å². The topological polar surface area (TPSA) is 32.3 Å². The van der Waals surface area contributed by atoms with Gasteiger partial charge in [-0.15, -0.1) is 0 Å². The molecule has 1 aromatic rings. The second kappa shape index (κ2) is 5.33. The molecule has 3 rings (SSSR count). The Morgan fingerprint density at radius 2 is 2.05 bits per heavy atom. The molecule has 19 heavy (non-hydrogen) atoms. The van der Waals surface area contributed by atoms with Crippen LogP contribution in [-0.4, -0.2) is 36.5 Å². The molecule has 1 aliphatic carbocycles. The van der Waals surface area contributed by atoms with Gasteiger partial charge in [0.1, 0.15) is 0 Å². The van der Waals surface area contributed by atoms with E-state index >= 15 is 0 Å². The first-order valence-corrected chi connectivity index (χ1v) is 7.30. The molecule has 3 nitrogen and oxygen atoms in total. The average molecular weight is 258 g/mol. The maximum Gasteiger partial charge on any atom is 0.219 e. The lowest BCUT2D eigenvalue weighted by Gasteiger charge is -2.35. The third-order valence-electron chi connectivity index (χ3n) is 4.55. The van der Waals surface area contributed by atoms with E-state index in [4.69, 9.17) is 0 Å². The number of nitrogens with zero attached hydrogens (tertiary/aromatic N) is 1. The minimum Gasteiger partial charge on any atom is -0.343 e. The number of fused-ring (bicyclic) bond motifs is 1. The zero-order valence-electron chi connectivity index (χ0n) is 11.6. The van der Waals surface area contributed by atoms with Crippen LogP contribution in [-0.2, 0) is 11.2 Å². The van der Waals surface area contributed by atoms with Crippen LogP contribution in [0.25, 0.3) is 0 Å². The quantitative estimate of drug-likeness (QED) is 0.898. The molecular weight excluding hydrogens is 236 g/mol. The maximum absolute atomic E-state index is 11.3. The number of rotatable bonds is 3. The second-order valence-electron chi connectivity index (χ2n) is 5.79. The van der Waals surface area contributed by atoms with E-state index in [1.54, 1.807) is 6.92 Å². The van der Waals surface area contributed by atoms with E-state index in [1.165, 1.54) is 17.5 Å². The molecule has 1 aliphatic heterocycles. The zero-order valence-corrected chi connectivity index (χ0v) is 11.6. The van der Waals surface area contributed by atoms with Crippen LogP contribution in [0.1, 0.15) is 36.8 Å². The summed E-state index contributed by atoms with van der Waals surface area (Å²) >= 11 is 0. The number of piperidine rings is 1. The van der Waals surface area contributed by atoms with Crippen LogP contribution in [0, 0.1) is 0 Å². The van der Waals surface area contributed by atoms with Crippen molar-refractivity contribution in [3.8, 4) is 0 Å². The van der Waals surface area contributed by atoms with Gasteiger partial charge in [-0.05, 0) is 30.4 Å². The lowest BCUT2D eigenvalue weighted by molar-refractivity contribution is -0.129. The molecule has 1 fully saturated rings. The van der Waals surface area contributed by atoms with Crippen LogP contribution in [0.15, 0.2) is 24.3 Å². The van der Waals surface area contributed by atoms with E-state index in [-0.39, 0.29) is 5.91 Å². The van der Waals surface area contributed by atoms with E-state index < -0.39 is 0 Å². The standard InChI is InChI=1S/C16H22N2O/c1-12(19)18-8-6-15(7-9-18)17-11-14-10-13-4-2-3-5-16(13)14/h2-5,14-15,17H,6-11H2,1H3. The van der Waals surface area contributed by atoms with Crippen molar-refractivity contribution >= 4 is 5.91 Å². The molecule has 1 atom stereocenters. The fourth-order valence-electron chi connectivity index (χ4n) is 3.25.